The van der Waals surface area contributed by atoms with E-state index in [2.05, 4.69) is 15.3 Å². The zero-order chi connectivity index (χ0) is 14.5. The van der Waals surface area contributed by atoms with Gasteiger partial charge in [-0.1, -0.05) is 12.1 Å². The van der Waals surface area contributed by atoms with Gasteiger partial charge in [0.1, 0.15) is 5.82 Å². The highest BCUT2D eigenvalue weighted by Gasteiger charge is 2.04. The van der Waals surface area contributed by atoms with Crippen LogP contribution in [-0.2, 0) is 6.54 Å². The minimum absolute atomic E-state index is 0.0886. The fourth-order valence-corrected chi connectivity index (χ4v) is 1.59. The Bertz CT molecular complexity index is 598. The smallest absolute Gasteiger partial charge is 0.269 e. The van der Waals surface area contributed by atoms with Crippen molar-refractivity contribution in [2.75, 3.05) is 24.3 Å². The van der Waals surface area contributed by atoms with Gasteiger partial charge < -0.3 is 10.2 Å². The van der Waals surface area contributed by atoms with Crippen molar-refractivity contribution in [1.29, 1.82) is 0 Å². The summed E-state index contributed by atoms with van der Waals surface area (Å²) in [4.78, 5) is 20.4. The number of aromatic nitrogens is 2. The van der Waals surface area contributed by atoms with Crippen LogP contribution in [0.2, 0.25) is 0 Å². The lowest BCUT2D eigenvalue weighted by Gasteiger charge is -2.11. The fourth-order valence-electron chi connectivity index (χ4n) is 1.59. The first-order chi connectivity index (χ1) is 9.56. The Balaban J connectivity index is 2.01. The predicted octanol–water partition coefficient (Wildman–Crippen LogP) is 2.06. The van der Waals surface area contributed by atoms with Gasteiger partial charge >= 0.3 is 0 Å². The number of benzene rings is 1. The van der Waals surface area contributed by atoms with Crippen LogP contribution in [0, 0.1) is 10.1 Å². The van der Waals surface area contributed by atoms with Crippen LogP contribution in [0.3, 0.4) is 0 Å². The summed E-state index contributed by atoms with van der Waals surface area (Å²) in [7, 11) is 3.74. The van der Waals surface area contributed by atoms with Gasteiger partial charge in [0, 0.05) is 39.0 Å². The predicted molar refractivity (Wildman–Crippen MR) is 76.8 cm³/mol. The lowest BCUT2D eigenvalue weighted by atomic mass is 10.2. The van der Waals surface area contributed by atoms with Gasteiger partial charge in [-0.3, -0.25) is 10.1 Å². The first-order valence-corrected chi connectivity index (χ1v) is 6.04. The maximum absolute atomic E-state index is 10.6. The van der Waals surface area contributed by atoms with E-state index in [0.717, 1.165) is 5.56 Å². The Hall–Kier alpha value is -2.70. The number of anilines is 2. The molecule has 1 heterocycles. The second kappa shape index (κ2) is 5.96. The van der Waals surface area contributed by atoms with Crippen LogP contribution in [0.4, 0.5) is 17.5 Å². The Labute approximate surface area is 116 Å². The number of nitrogens with zero attached hydrogens (tertiary/aromatic N) is 4. The fraction of sp³-hybridized carbons (Fsp3) is 0.231. The molecule has 0 amide bonds. The molecule has 104 valence electrons. The summed E-state index contributed by atoms with van der Waals surface area (Å²) < 4.78 is 0. The molecule has 0 aliphatic carbocycles. The Morgan fingerprint density at radius 2 is 1.95 bits per heavy atom. The molecule has 1 aromatic heterocycles. The third kappa shape index (κ3) is 3.41. The highest BCUT2D eigenvalue weighted by molar-refractivity contribution is 5.41. The molecule has 0 spiro atoms. The van der Waals surface area contributed by atoms with Gasteiger partial charge in [-0.25, -0.2) is 4.98 Å². The van der Waals surface area contributed by atoms with Gasteiger partial charge in [0.25, 0.3) is 5.69 Å². The van der Waals surface area contributed by atoms with Gasteiger partial charge in [0.2, 0.25) is 5.95 Å². The molecule has 0 aliphatic heterocycles. The summed E-state index contributed by atoms with van der Waals surface area (Å²) in [5.74, 6) is 1.33. The average Bonchev–Trinajstić information content (AvgIpc) is 2.46. The SMILES string of the molecule is CN(C)c1nccc(NCc2ccc([N+](=O)[O-])cc2)n1. The van der Waals surface area contributed by atoms with E-state index in [1.165, 1.54) is 12.1 Å². The molecular weight excluding hydrogens is 258 g/mol. The van der Waals surface area contributed by atoms with Crippen molar-refractivity contribution in [2.45, 2.75) is 6.54 Å². The van der Waals surface area contributed by atoms with Crippen LogP contribution in [-0.4, -0.2) is 29.0 Å². The molecule has 0 aliphatic rings. The van der Waals surface area contributed by atoms with Gasteiger partial charge in [0.05, 0.1) is 4.92 Å². The lowest BCUT2D eigenvalue weighted by molar-refractivity contribution is -0.384. The summed E-state index contributed by atoms with van der Waals surface area (Å²) in [6, 6.07) is 8.20. The molecule has 1 aromatic carbocycles. The largest absolute Gasteiger partial charge is 0.366 e. The Morgan fingerprint density at radius 3 is 2.55 bits per heavy atom. The zero-order valence-corrected chi connectivity index (χ0v) is 11.3. The maximum Gasteiger partial charge on any atom is 0.269 e. The van der Waals surface area contributed by atoms with E-state index in [9.17, 15) is 10.1 Å². The van der Waals surface area contributed by atoms with Crippen molar-refractivity contribution in [1.82, 2.24) is 9.97 Å². The second-order valence-electron chi connectivity index (χ2n) is 4.41. The zero-order valence-electron chi connectivity index (χ0n) is 11.3. The van der Waals surface area contributed by atoms with E-state index in [1.54, 1.807) is 24.4 Å². The van der Waals surface area contributed by atoms with Crippen molar-refractivity contribution < 1.29 is 4.92 Å². The molecule has 1 N–H and O–H groups in total. The van der Waals surface area contributed by atoms with Gasteiger partial charge in [-0.2, -0.15) is 4.98 Å². The molecule has 20 heavy (non-hydrogen) atoms. The number of non-ortho nitro benzene ring substituents is 1. The van der Waals surface area contributed by atoms with Crippen molar-refractivity contribution in [3.63, 3.8) is 0 Å². The maximum atomic E-state index is 10.6. The number of nitrogens with one attached hydrogen (secondary N) is 1. The highest BCUT2D eigenvalue weighted by Crippen LogP contribution is 2.14. The molecule has 7 nitrogen and oxygen atoms in total. The summed E-state index contributed by atoms with van der Waals surface area (Å²) in [6.45, 7) is 0.544. The summed E-state index contributed by atoms with van der Waals surface area (Å²) in [5, 5.41) is 13.7. The summed E-state index contributed by atoms with van der Waals surface area (Å²) in [6.07, 6.45) is 1.68. The van der Waals surface area contributed by atoms with E-state index in [0.29, 0.717) is 18.3 Å². The van der Waals surface area contributed by atoms with E-state index in [4.69, 9.17) is 0 Å². The van der Waals surface area contributed by atoms with Gasteiger partial charge in [-0.05, 0) is 11.6 Å². The normalized spacial score (nSPS) is 10.1. The van der Waals surface area contributed by atoms with Crippen LogP contribution in [0.25, 0.3) is 0 Å². The third-order valence-corrected chi connectivity index (χ3v) is 2.66. The van der Waals surface area contributed by atoms with Crippen LogP contribution in [0.1, 0.15) is 5.56 Å². The van der Waals surface area contributed by atoms with Crippen LogP contribution in [0.15, 0.2) is 36.5 Å². The number of nitro benzene ring substituents is 1. The van der Waals surface area contributed by atoms with Crippen LogP contribution < -0.4 is 10.2 Å². The summed E-state index contributed by atoms with van der Waals surface area (Å²) >= 11 is 0. The first kappa shape index (κ1) is 13.7. The van der Waals surface area contributed by atoms with E-state index < -0.39 is 4.92 Å². The van der Waals surface area contributed by atoms with Crippen molar-refractivity contribution in [3.05, 3.63) is 52.2 Å². The minimum Gasteiger partial charge on any atom is -0.366 e. The molecule has 0 bridgehead atoms. The topological polar surface area (TPSA) is 84.2 Å². The minimum atomic E-state index is -0.412. The Kier molecular flexibility index (Phi) is 4.09. The highest BCUT2D eigenvalue weighted by atomic mass is 16.6. The molecule has 2 rings (SSSR count). The molecule has 2 aromatic rings. The molecule has 0 atom stereocenters. The van der Waals surface area contributed by atoms with Gasteiger partial charge in [-0.15, -0.1) is 0 Å². The van der Waals surface area contributed by atoms with E-state index in [1.807, 2.05) is 19.0 Å². The Morgan fingerprint density at radius 1 is 1.25 bits per heavy atom. The molecule has 7 heteroatoms. The van der Waals surface area contributed by atoms with E-state index >= 15 is 0 Å². The standard InChI is InChI=1S/C13H15N5O2/c1-17(2)13-14-8-7-12(16-13)15-9-10-3-5-11(6-4-10)18(19)20/h3-8H,9H2,1-2H3,(H,14,15,16). The second-order valence-corrected chi connectivity index (χ2v) is 4.41. The lowest BCUT2D eigenvalue weighted by Crippen LogP contribution is -2.13. The summed E-state index contributed by atoms with van der Waals surface area (Å²) in [5.41, 5.74) is 1.03. The number of hydrogen-bond donors (Lipinski definition) is 1. The average molecular weight is 273 g/mol. The monoisotopic (exact) mass is 273 g/mol. The van der Waals surface area contributed by atoms with Crippen LogP contribution >= 0.6 is 0 Å². The number of hydrogen-bond acceptors (Lipinski definition) is 6. The number of rotatable bonds is 5. The van der Waals surface area contributed by atoms with Crippen molar-refractivity contribution in [2.24, 2.45) is 0 Å². The quantitative estimate of drug-likeness (QED) is 0.663. The molecular formula is C13H15N5O2. The van der Waals surface area contributed by atoms with E-state index in [-0.39, 0.29) is 5.69 Å². The third-order valence-electron chi connectivity index (χ3n) is 2.66. The van der Waals surface area contributed by atoms with Crippen LogP contribution in [0.5, 0.6) is 0 Å². The van der Waals surface area contributed by atoms with Crippen molar-refractivity contribution in [3.8, 4) is 0 Å². The molecule has 0 fully saturated rings. The molecule has 0 saturated heterocycles. The van der Waals surface area contributed by atoms with Crippen molar-refractivity contribution >= 4 is 17.5 Å². The molecule has 0 radical (unpaired) electrons. The molecule has 0 saturated carbocycles. The number of nitro groups is 1. The van der Waals surface area contributed by atoms with Gasteiger partial charge in [0.15, 0.2) is 0 Å². The molecule has 0 unspecified atom stereocenters. The first-order valence-electron chi connectivity index (χ1n) is 6.04.